The number of imidazole rings is 1. The first-order valence-corrected chi connectivity index (χ1v) is 10.7. The highest BCUT2D eigenvalue weighted by atomic mass is 19.3. The molecule has 32 heavy (non-hydrogen) atoms. The predicted molar refractivity (Wildman–Crippen MR) is 118 cm³/mol. The average Bonchev–Trinajstić information content (AvgIpc) is 3.07. The monoisotopic (exact) mass is 444 g/mol. The number of hydrogen-bond donors (Lipinski definition) is 0. The van der Waals surface area contributed by atoms with E-state index in [0.29, 0.717) is 5.69 Å². The van der Waals surface area contributed by atoms with Gasteiger partial charge in [0.15, 0.2) is 11.5 Å². The third-order valence-electron chi connectivity index (χ3n) is 6.29. The number of hydrogen-bond acceptors (Lipinski definition) is 4. The molecule has 0 amide bonds. The van der Waals surface area contributed by atoms with Crippen LogP contribution in [-0.2, 0) is 18.3 Å². The van der Waals surface area contributed by atoms with Gasteiger partial charge in [0.1, 0.15) is 5.82 Å². The first-order valence-electron chi connectivity index (χ1n) is 10.7. The summed E-state index contributed by atoms with van der Waals surface area (Å²) in [6, 6.07) is 7.78. The Kier molecular flexibility index (Phi) is 5.83. The Morgan fingerprint density at radius 3 is 2.47 bits per heavy atom. The minimum absolute atomic E-state index is 0.0700. The fourth-order valence-electron chi connectivity index (χ4n) is 4.27. The van der Waals surface area contributed by atoms with Gasteiger partial charge in [-0.05, 0) is 24.4 Å². The van der Waals surface area contributed by atoms with E-state index in [-0.39, 0.29) is 32.4 Å². The molecule has 3 aromatic rings. The second-order valence-corrected chi connectivity index (χ2v) is 8.90. The van der Waals surface area contributed by atoms with Crippen molar-refractivity contribution in [3.05, 3.63) is 48.2 Å². The van der Waals surface area contributed by atoms with Crippen molar-refractivity contribution < 1.29 is 18.0 Å². The highest BCUT2D eigenvalue weighted by Crippen LogP contribution is 2.31. The lowest BCUT2D eigenvalue weighted by atomic mass is 9.86. The van der Waals surface area contributed by atoms with Crippen molar-refractivity contribution in [1.29, 1.82) is 0 Å². The van der Waals surface area contributed by atoms with Gasteiger partial charge in [-0.15, -0.1) is 0 Å². The van der Waals surface area contributed by atoms with Gasteiger partial charge in [0.05, 0.1) is 24.9 Å². The van der Waals surface area contributed by atoms with Crippen LogP contribution in [0, 0.1) is 6.92 Å². The number of ketones is 1. The molecule has 0 bridgehead atoms. The summed E-state index contributed by atoms with van der Waals surface area (Å²) in [6.07, 6.45) is 3.24. The molecule has 0 unspecified atom stereocenters. The molecule has 1 aliphatic rings. The van der Waals surface area contributed by atoms with Gasteiger partial charge in [-0.2, -0.15) is 0 Å². The molecule has 0 saturated carbocycles. The van der Waals surface area contributed by atoms with Crippen molar-refractivity contribution in [2.24, 2.45) is 7.05 Å². The zero-order valence-corrected chi connectivity index (χ0v) is 18.5. The lowest BCUT2D eigenvalue weighted by molar-refractivity contribution is -0.133. The summed E-state index contributed by atoms with van der Waals surface area (Å²) in [5, 5.41) is 1.83. The maximum absolute atomic E-state index is 15.3. The largest absolute Gasteiger partial charge is 0.331 e. The molecule has 0 N–H and O–H groups in total. The number of fused-ring (bicyclic) bond motifs is 1. The van der Waals surface area contributed by atoms with E-state index in [4.69, 9.17) is 0 Å². The number of benzene rings is 1. The van der Waals surface area contributed by atoms with E-state index in [1.807, 2.05) is 49.0 Å². The number of carbonyl (C=O) groups is 1. The quantitative estimate of drug-likeness (QED) is 0.561. The molecule has 0 aliphatic carbocycles. The molecular weight excluding hydrogens is 417 g/mol. The lowest BCUT2D eigenvalue weighted by Gasteiger charge is -2.36. The van der Waals surface area contributed by atoms with Crippen LogP contribution in [-0.4, -0.2) is 56.4 Å². The Balaban J connectivity index is 1.49. The van der Waals surface area contributed by atoms with Crippen molar-refractivity contribution in [3.63, 3.8) is 0 Å². The Labute approximate surface area is 185 Å². The summed E-state index contributed by atoms with van der Waals surface area (Å²) >= 11 is 0. The van der Waals surface area contributed by atoms with Crippen LogP contribution >= 0.6 is 0 Å². The molecule has 4 rings (SSSR count). The molecule has 1 aromatic carbocycles. The third-order valence-corrected chi connectivity index (χ3v) is 6.29. The highest BCUT2D eigenvalue weighted by Gasteiger charge is 2.42. The number of alkyl halides is 3. The standard InChI is InChI=1S/C24H27F3N4O/c1-16-28-14-21(30(16)3)17-4-5-18-13-29-20(11-19(18)10-17)12-22(32)24(27)6-8-31(9-7-24)15-23(2,25)26/h4-5,10-11,13-14H,6-9,12,15H2,1-3H3. The maximum atomic E-state index is 15.3. The highest BCUT2D eigenvalue weighted by molar-refractivity contribution is 5.91. The Bertz CT molecular complexity index is 1140. The van der Waals surface area contributed by atoms with E-state index >= 15 is 4.39 Å². The van der Waals surface area contributed by atoms with E-state index in [0.717, 1.165) is 34.8 Å². The van der Waals surface area contributed by atoms with Gasteiger partial charge in [-0.3, -0.25) is 14.7 Å². The number of aromatic nitrogens is 3. The molecule has 3 heterocycles. The number of pyridine rings is 1. The van der Waals surface area contributed by atoms with Gasteiger partial charge in [-0.25, -0.2) is 18.2 Å². The number of Topliss-reactive ketones (excluding diaryl/α,β-unsaturated/α-hetero) is 1. The van der Waals surface area contributed by atoms with Crippen molar-refractivity contribution in [2.45, 2.75) is 44.7 Å². The summed E-state index contributed by atoms with van der Waals surface area (Å²) in [5.74, 6) is -2.46. The van der Waals surface area contributed by atoms with Crippen LogP contribution in [0.25, 0.3) is 22.0 Å². The van der Waals surface area contributed by atoms with E-state index < -0.39 is 23.9 Å². The molecule has 0 radical (unpaired) electrons. The fraction of sp³-hybridized carbons (Fsp3) is 0.458. The minimum atomic E-state index is -2.83. The zero-order chi connectivity index (χ0) is 23.1. The fourth-order valence-corrected chi connectivity index (χ4v) is 4.27. The predicted octanol–water partition coefficient (Wildman–Crippen LogP) is 4.51. The van der Waals surface area contributed by atoms with Gasteiger partial charge in [0, 0.05) is 62.7 Å². The van der Waals surface area contributed by atoms with Gasteiger partial charge in [0.2, 0.25) is 0 Å². The van der Waals surface area contributed by atoms with Gasteiger partial charge >= 0.3 is 0 Å². The number of aryl methyl sites for hydroxylation is 1. The summed E-state index contributed by atoms with van der Waals surface area (Å²) in [5.41, 5.74) is 0.474. The topological polar surface area (TPSA) is 51.0 Å². The van der Waals surface area contributed by atoms with Crippen LogP contribution in [0.3, 0.4) is 0 Å². The van der Waals surface area contributed by atoms with Crippen molar-refractivity contribution in [1.82, 2.24) is 19.4 Å². The second-order valence-electron chi connectivity index (χ2n) is 8.90. The second kappa shape index (κ2) is 8.31. The molecular formula is C24H27F3N4O. The Morgan fingerprint density at radius 1 is 1.12 bits per heavy atom. The number of halogens is 3. The average molecular weight is 445 g/mol. The van der Waals surface area contributed by atoms with E-state index in [1.165, 1.54) is 4.90 Å². The number of carbonyl (C=O) groups excluding carboxylic acids is 1. The molecule has 0 spiro atoms. The van der Waals surface area contributed by atoms with Crippen LogP contribution in [0.1, 0.15) is 31.3 Å². The van der Waals surface area contributed by atoms with Crippen molar-refractivity contribution >= 4 is 16.6 Å². The summed E-state index contributed by atoms with van der Waals surface area (Å²) < 4.78 is 43.7. The smallest absolute Gasteiger partial charge is 0.257 e. The van der Waals surface area contributed by atoms with Crippen LogP contribution in [0.2, 0.25) is 0 Å². The number of nitrogens with zero attached hydrogens (tertiary/aromatic N) is 4. The van der Waals surface area contributed by atoms with E-state index in [2.05, 4.69) is 9.97 Å². The van der Waals surface area contributed by atoms with Crippen molar-refractivity contribution in [2.75, 3.05) is 19.6 Å². The van der Waals surface area contributed by atoms with Gasteiger partial charge in [-0.1, -0.05) is 12.1 Å². The summed E-state index contributed by atoms with van der Waals surface area (Å²) in [7, 11) is 1.95. The molecule has 5 nitrogen and oxygen atoms in total. The van der Waals surface area contributed by atoms with Crippen LogP contribution in [0.4, 0.5) is 13.2 Å². The van der Waals surface area contributed by atoms with Crippen molar-refractivity contribution in [3.8, 4) is 11.3 Å². The molecule has 1 aliphatic heterocycles. The normalized spacial score (nSPS) is 17.1. The SMILES string of the molecule is Cc1ncc(-c2ccc3cnc(CC(=O)C4(F)CCN(CC(C)(F)F)CC4)cc3c2)n1C. The Hall–Kier alpha value is -2.74. The molecule has 2 aromatic heterocycles. The minimum Gasteiger partial charge on any atom is -0.331 e. The first kappa shape index (κ1) is 22.5. The van der Waals surface area contributed by atoms with Crippen LogP contribution in [0.5, 0.6) is 0 Å². The Morgan fingerprint density at radius 2 is 1.84 bits per heavy atom. The van der Waals surface area contributed by atoms with Gasteiger partial charge < -0.3 is 4.57 Å². The molecule has 1 fully saturated rings. The van der Waals surface area contributed by atoms with E-state index in [9.17, 15) is 13.6 Å². The summed E-state index contributed by atoms with van der Waals surface area (Å²) in [6.45, 7) is 2.65. The summed E-state index contributed by atoms with van der Waals surface area (Å²) in [4.78, 5) is 23.0. The van der Waals surface area contributed by atoms with Crippen LogP contribution in [0.15, 0.2) is 36.7 Å². The molecule has 8 heteroatoms. The first-order chi connectivity index (χ1) is 15.0. The molecule has 1 saturated heterocycles. The molecule has 0 atom stereocenters. The van der Waals surface area contributed by atoms with E-state index in [1.54, 1.807) is 6.20 Å². The maximum Gasteiger partial charge on any atom is 0.257 e. The zero-order valence-electron chi connectivity index (χ0n) is 18.5. The molecule has 170 valence electrons. The number of rotatable bonds is 6. The van der Waals surface area contributed by atoms with Crippen LogP contribution < -0.4 is 0 Å². The lowest BCUT2D eigenvalue weighted by Crippen LogP contribution is -2.49. The van der Waals surface area contributed by atoms with Gasteiger partial charge in [0.25, 0.3) is 5.92 Å². The number of likely N-dealkylation sites (tertiary alicyclic amines) is 1. The number of piperidine rings is 1. The third kappa shape index (κ3) is 4.70.